The zero-order valence-corrected chi connectivity index (χ0v) is 15.8. The van der Waals surface area contributed by atoms with Crippen LogP contribution in [-0.4, -0.2) is 22.6 Å². The fourth-order valence-corrected chi connectivity index (χ4v) is 3.96. The first-order chi connectivity index (χ1) is 13.2. The fraction of sp³-hybridized carbons (Fsp3) is 0.364. The zero-order chi connectivity index (χ0) is 18.8. The van der Waals surface area contributed by atoms with E-state index in [-0.39, 0.29) is 12.1 Å². The molecule has 140 valence electrons. The van der Waals surface area contributed by atoms with Crippen molar-refractivity contribution in [3.8, 4) is 0 Å². The van der Waals surface area contributed by atoms with E-state index in [4.69, 9.17) is 16.5 Å². The number of para-hydroxylation sites is 1. The van der Waals surface area contributed by atoms with Gasteiger partial charge in [0, 0.05) is 25.1 Å². The van der Waals surface area contributed by atoms with Gasteiger partial charge in [-0.25, -0.2) is 4.99 Å². The molecule has 2 aromatic carbocycles. The quantitative estimate of drug-likeness (QED) is 0.824. The Bertz CT molecular complexity index is 869. The average Bonchev–Trinajstić information content (AvgIpc) is 3.06. The van der Waals surface area contributed by atoms with Crippen LogP contribution in [0.5, 0.6) is 0 Å². The number of aliphatic imine (C=N–C) groups is 2. The second-order valence-electron chi connectivity index (χ2n) is 7.28. The third kappa shape index (κ3) is 3.35. The molecule has 5 heteroatoms. The van der Waals surface area contributed by atoms with Crippen molar-refractivity contribution in [3.63, 3.8) is 0 Å². The number of rotatable bonds is 6. The maximum Gasteiger partial charge on any atom is 0.134 e. The van der Waals surface area contributed by atoms with E-state index in [1.54, 1.807) is 0 Å². The molecule has 0 spiro atoms. The maximum atomic E-state index is 6.32. The Balaban J connectivity index is 1.69. The number of benzene rings is 2. The Hall–Kier alpha value is -2.66. The average molecular weight is 361 g/mol. The summed E-state index contributed by atoms with van der Waals surface area (Å²) >= 11 is 0. The van der Waals surface area contributed by atoms with Gasteiger partial charge in [-0.15, -0.1) is 0 Å². The Labute approximate surface area is 160 Å². The number of nitrogens with two attached hydrogens (primary N) is 2. The molecule has 0 amide bonds. The lowest BCUT2D eigenvalue weighted by atomic mass is 9.93. The molecule has 0 radical (unpaired) electrons. The minimum Gasteiger partial charge on any atom is -0.385 e. The SMILES string of the molecule is CCCCC1=NC2C(N)=Nc3ccccc3C2N1Cc1ccc(CN)cc1. The molecule has 4 rings (SSSR count). The van der Waals surface area contributed by atoms with E-state index < -0.39 is 0 Å². The predicted octanol–water partition coefficient (Wildman–Crippen LogP) is 3.66. The van der Waals surface area contributed by atoms with Gasteiger partial charge in [-0.2, -0.15) is 0 Å². The molecule has 4 N–H and O–H groups in total. The minimum absolute atomic E-state index is 0.0879. The highest BCUT2D eigenvalue weighted by molar-refractivity contribution is 5.98. The van der Waals surface area contributed by atoms with Gasteiger partial charge in [0.2, 0.25) is 0 Å². The first-order valence-corrected chi connectivity index (χ1v) is 9.75. The summed E-state index contributed by atoms with van der Waals surface area (Å²) in [4.78, 5) is 12.0. The highest BCUT2D eigenvalue weighted by atomic mass is 15.3. The molecule has 2 aliphatic rings. The van der Waals surface area contributed by atoms with Crippen LogP contribution in [0.15, 0.2) is 58.5 Å². The topological polar surface area (TPSA) is 80.0 Å². The summed E-state index contributed by atoms with van der Waals surface area (Å²) < 4.78 is 0. The highest BCUT2D eigenvalue weighted by Crippen LogP contribution is 2.42. The Kier molecular flexibility index (Phi) is 4.94. The lowest BCUT2D eigenvalue weighted by Crippen LogP contribution is -2.39. The highest BCUT2D eigenvalue weighted by Gasteiger charge is 2.42. The van der Waals surface area contributed by atoms with Gasteiger partial charge >= 0.3 is 0 Å². The molecular weight excluding hydrogens is 334 g/mol. The van der Waals surface area contributed by atoms with Crippen molar-refractivity contribution in [2.24, 2.45) is 21.5 Å². The number of hydrogen-bond acceptors (Lipinski definition) is 5. The molecule has 2 heterocycles. The molecule has 0 aliphatic carbocycles. The van der Waals surface area contributed by atoms with Crippen LogP contribution in [0.1, 0.15) is 48.9 Å². The third-order valence-electron chi connectivity index (χ3n) is 5.43. The Morgan fingerprint density at radius 2 is 1.78 bits per heavy atom. The van der Waals surface area contributed by atoms with E-state index in [9.17, 15) is 0 Å². The van der Waals surface area contributed by atoms with Crippen molar-refractivity contribution in [2.45, 2.75) is 51.4 Å². The van der Waals surface area contributed by atoms with Gasteiger partial charge in [0.1, 0.15) is 17.7 Å². The van der Waals surface area contributed by atoms with Crippen LogP contribution in [-0.2, 0) is 13.1 Å². The molecule has 2 aromatic rings. The lowest BCUT2D eigenvalue weighted by Gasteiger charge is -2.33. The summed E-state index contributed by atoms with van der Waals surface area (Å²) in [6.07, 6.45) is 3.24. The number of nitrogens with zero attached hydrogens (tertiary/aromatic N) is 3. The normalized spacial score (nSPS) is 20.7. The van der Waals surface area contributed by atoms with Gasteiger partial charge < -0.3 is 16.4 Å². The molecule has 0 saturated heterocycles. The molecule has 27 heavy (non-hydrogen) atoms. The van der Waals surface area contributed by atoms with Crippen molar-refractivity contribution >= 4 is 17.4 Å². The van der Waals surface area contributed by atoms with Gasteiger partial charge in [-0.05, 0) is 23.6 Å². The molecule has 0 saturated carbocycles. The Morgan fingerprint density at radius 3 is 2.52 bits per heavy atom. The van der Waals surface area contributed by atoms with Crippen molar-refractivity contribution in [2.75, 3.05) is 0 Å². The third-order valence-corrected chi connectivity index (χ3v) is 5.43. The van der Waals surface area contributed by atoms with Crippen LogP contribution in [0.4, 0.5) is 5.69 Å². The summed E-state index contributed by atoms with van der Waals surface area (Å²) in [7, 11) is 0. The smallest absolute Gasteiger partial charge is 0.134 e. The second-order valence-corrected chi connectivity index (χ2v) is 7.28. The van der Waals surface area contributed by atoms with Gasteiger partial charge in [0.15, 0.2) is 0 Å². The summed E-state index contributed by atoms with van der Waals surface area (Å²) in [6.45, 7) is 3.60. The number of fused-ring (bicyclic) bond motifs is 3. The van der Waals surface area contributed by atoms with E-state index in [1.807, 2.05) is 12.1 Å². The van der Waals surface area contributed by atoms with Gasteiger partial charge in [-0.3, -0.25) is 4.99 Å². The minimum atomic E-state index is -0.0879. The van der Waals surface area contributed by atoms with Crippen molar-refractivity contribution in [3.05, 3.63) is 65.2 Å². The first kappa shape index (κ1) is 17.7. The lowest BCUT2D eigenvalue weighted by molar-refractivity contribution is 0.319. The van der Waals surface area contributed by atoms with Crippen molar-refractivity contribution < 1.29 is 0 Å². The zero-order valence-electron chi connectivity index (χ0n) is 15.8. The van der Waals surface area contributed by atoms with E-state index in [0.29, 0.717) is 12.4 Å². The van der Waals surface area contributed by atoms with E-state index in [0.717, 1.165) is 42.9 Å². The fourth-order valence-electron chi connectivity index (χ4n) is 3.96. The van der Waals surface area contributed by atoms with Crippen molar-refractivity contribution in [1.82, 2.24) is 4.90 Å². The van der Waals surface area contributed by atoms with Gasteiger partial charge in [-0.1, -0.05) is 55.8 Å². The van der Waals surface area contributed by atoms with E-state index in [1.165, 1.54) is 11.1 Å². The predicted molar refractivity (Wildman–Crippen MR) is 111 cm³/mol. The summed E-state index contributed by atoms with van der Waals surface area (Å²) in [6, 6.07) is 16.9. The maximum absolute atomic E-state index is 6.32. The number of amidine groups is 2. The largest absolute Gasteiger partial charge is 0.385 e. The molecule has 0 aromatic heterocycles. The molecule has 5 nitrogen and oxygen atoms in total. The van der Waals surface area contributed by atoms with Crippen molar-refractivity contribution in [1.29, 1.82) is 0 Å². The monoisotopic (exact) mass is 361 g/mol. The Morgan fingerprint density at radius 1 is 1.04 bits per heavy atom. The molecule has 2 unspecified atom stereocenters. The molecule has 0 bridgehead atoms. The van der Waals surface area contributed by atoms with Crippen LogP contribution in [0, 0.1) is 0 Å². The van der Waals surface area contributed by atoms with E-state index in [2.05, 4.69) is 53.2 Å². The molecule has 0 fully saturated rings. The summed E-state index contributed by atoms with van der Waals surface area (Å²) in [5, 5.41) is 0. The number of hydrogen-bond donors (Lipinski definition) is 2. The summed E-state index contributed by atoms with van der Waals surface area (Å²) in [5.74, 6) is 1.76. The number of unbranched alkanes of at least 4 members (excludes halogenated alkanes) is 1. The second kappa shape index (κ2) is 7.53. The standard InChI is InChI=1S/C22H27N5/c1-2-3-8-19-26-20-21(17-6-4-5-7-18(17)25-22(20)24)27(19)14-16-11-9-15(13-23)10-12-16/h4-7,9-12,20-21H,2-3,8,13-14,23H2,1H3,(H2,24,25). The van der Waals surface area contributed by atoms with Crippen LogP contribution < -0.4 is 11.5 Å². The molecule has 2 aliphatic heterocycles. The summed E-state index contributed by atoms with van der Waals surface area (Å²) in [5.41, 5.74) is 16.6. The van der Waals surface area contributed by atoms with E-state index >= 15 is 0 Å². The van der Waals surface area contributed by atoms with Crippen LogP contribution in [0.2, 0.25) is 0 Å². The van der Waals surface area contributed by atoms with Gasteiger partial charge in [0.25, 0.3) is 0 Å². The first-order valence-electron chi connectivity index (χ1n) is 9.75. The van der Waals surface area contributed by atoms with Crippen LogP contribution in [0.3, 0.4) is 0 Å². The molecule has 2 atom stereocenters. The van der Waals surface area contributed by atoms with Gasteiger partial charge in [0.05, 0.1) is 11.7 Å². The van der Waals surface area contributed by atoms with Crippen LogP contribution >= 0.6 is 0 Å². The van der Waals surface area contributed by atoms with Crippen LogP contribution in [0.25, 0.3) is 0 Å². The molecular formula is C22H27N5.